The summed E-state index contributed by atoms with van der Waals surface area (Å²) in [6.07, 6.45) is 0. The lowest BCUT2D eigenvalue weighted by molar-refractivity contribution is 0.305. The molecule has 4 aromatic rings. The Labute approximate surface area is 160 Å². The van der Waals surface area contributed by atoms with Gasteiger partial charge in [0, 0.05) is 11.1 Å². The molecule has 0 bridgehead atoms. The fourth-order valence-electron chi connectivity index (χ4n) is 3.20. The molecule has 0 radical (unpaired) electrons. The van der Waals surface area contributed by atoms with Crippen LogP contribution in [0.5, 0.6) is 5.75 Å². The summed E-state index contributed by atoms with van der Waals surface area (Å²) < 4.78 is 11.2. The maximum Gasteiger partial charge on any atom is 0.257 e. The van der Waals surface area contributed by atoms with E-state index in [0.29, 0.717) is 30.7 Å². The predicted octanol–water partition coefficient (Wildman–Crippen LogP) is 2.62. The van der Waals surface area contributed by atoms with Crippen molar-refractivity contribution in [3.8, 4) is 28.6 Å². The van der Waals surface area contributed by atoms with Crippen LogP contribution < -0.4 is 9.64 Å². The second-order valence-electron chi connectivity index (χ2n) is 6.57. The van der Waals surface area contributed by atoms with Crippen molar-refractivity contribution in [3.63, 3.8) is 0 Å². The Morgan fingerprint density at radius 1 is 1.11 bits per heavy atom. The highest BCUT2D eigenvalue weighted by atomic mass is 16.5. The second-order valence-corrected chi connectivity index (χ2v) is 6.57. The number of benzene rings is 2. The number of aromatic amines is 1. The Kier molecular flexibility index (Phi) is 3.97. The van der Waals surface area contributed by atoms with Crippen LogP contribution in [0.2, 0.25) is 0 Å². The molecule has 0 unspecified atom stereocenters. The van der Waals surface area contributed by atoms with E-state index in [4.69, 9.17) is 9.26 Å². The number of H-pyrrole nitrogens is 1. The molecule has 1 N–H and O–H groups in total. The van der Waals surface area contributed by atoms with Gasteiger partial charge in [0.25, 0.3) is 5.89 Å². The third-order valence-corrected chi connectivity index (χ3v) is 4.61. The van der Waals surface area contributed by atoms with E-state index < -0.39 is 0 Å². The lowest BCUT2D eigenvalue weighted by Crippen LogP contribution is -2.32. The zero-order valence-electron chi connectivity index (χ0n) is 15.2. The summed E-state index contributed by atoms with van der Waals surface area (Å²) in [5.41, 5.74) is 3.92. The van der Waals surface area contributed by atoms with Crippen LogP contribution in [0.25, 0.3) is 22.8 Å². The van der Waals surface area contributed by atoms with Crippen molar-refractivity contribution < 1.29 is 9.26 Å². The van der Waals surface area contributed by atoms with Gasteiger partial charge in [0.1, 0.15) is 12.4 Å². The molecule has 9 heteroatoms. The molecule has 0 aliphatic carbocycles. The zero-order chi connectivity index (χ0) is 18.9. The monoisotopic (exact) mass is 375 g/mol. The number of rotatable bonds is 4. The van der Waals surface area contributed by atoms with Crippen LogP contribution in [0.3, 0.4) is 0 Å². The van der Waals surface area contributed by atoms with Crippen molar-refractivity contribution in [2.24, 2.45) is 0 Å². The number of fused-ring (bicyclic) bond motifs is 1. The molecular formula is C19H17N7O2. The lowest BCUT2D eigenvalue weighted by Gasteiger charge is -2.30. The van der Waals surface area contributed by atoms with Gasteiger partial charge in [0.05, 0.1) is 18.8 Å². The van der Waals surface area contributed by atoms with E-state index in [0.717, 1.165) is 29.1 Å². The maximum atomic E-state index is 5.77. The molecular weight excluding hydrogens is 358 g/mol. The quantitative estimate of drug-likeness (QED) is 0.580. The molecule has 140 valence electrons. The van der Waals surface area contributed by atoms with Crippen molar-refractivity contribution in [1.82, 2.24) is 30.8 Å². The van der Waals surface area contributed by atoms with Gasteiger partial charge in [-0.3, -0.25) is 0 Å². The van der Waals surface area contributed by atoms with Gasteiger partial charge < -0.3 is 14.2 Å². The number of hydrogen-bond acceptors (Lipinski definition) is 8. The Balaban J connectivity index is 1.35. The first kappa shape index (κ1) is 16.4. The molecule has 1 aliphatic rings. The molecule has 9 nitrogen and oxygen atoms in total. The molecule has 0 atom stereocenters. The van der Waals surface area contributed by atoms with Gasteiger partial charge in [-0.1, -0.05) is 23.4 Å². The van der Waals surface area contributed by atoms with E-state index in [1.165, 1.54) is 5.56 Å². The molecule has 2 aromatic heterocycles. The largest absolute Gasteiger partial charge is 0.490 e. The van der Waals surface area contributed by atoms with Gasteiger partial charge in [-0.15, -0.1) is 10.2 Å². The molecule has 0 fully saturated rings. The summed E-state index contributed by atoms with van der Waals surface area (Å²) >= 11 is 0. The van der Waals surface area contributed by atoms with E-state index in [1.54, 1.807) is 0 Å². The van der Waals surface area contributed by atoms with Gasteiger partial charge in [-0.05, 0) is 42.0 Å². The van der Waals surface area contributed by atoms with Crippen LogP contribution in [-0.4, -0.2) is 43.9 Å². The van der Waals surface area contributed by atoms with Crippen molar-refractivity contribution in [2.75, 3.05) is 18.1 Å². The highest BCUT2D eigenvalue weighted by molar-refractivity contribution is 5.62. The van der Waals surface area contributed by atoms with Gasteiger partial charge in [0.15, 0.2) is 5.82 Å². The van der Waals surface area contributed by atoms with Gasteiger partial charge in [-0.2, -0.15) is 10.2 Å². The molecule has 0 spiro atoms. The van der Waals surface area contributed by atoms with Crippen molar-refractivity contribution in [2.45, 2.75) is 13.5 Å². The molecule has 2 aromatic carbocycles. The minimum Gasteiger partial charge on any atom is -0.490 e. The normalized spacial score (nSPS) is 13.2. The highest BCUT2D eigenvalue weighted by Crippen LogP contribution is 2.33. The fourth-order valence-corrected chi connectivity index (χ4v) is 3.20. The third-order valence-electron chi connectivity index (χ3n) is 4.61. The lowest BCUT2D eigenvalue weighted by atomic mass is 10.1. The van der Waals surface area contributed by atoms with Crippen LogP contribution in [0.15, 0.2) is 47.0 Å². The Bertz CT molecular complexity index is 1090. The fraction of sp³-hybridized carbons (Fsp3) is 0.211. The number of nitrogens with one attached hydrogen (secondary N) is 1. The summed E-state index contributed by atoms with van der Waals surface area (Å²) in [5.74, 6) is 2.55. The van der Waals surface area contributed by atoms with Crippen LogP contribution >= 0.6 is 0 Å². The number of anilines is 1. The molecule has 28 heavy (non-hydrogen) atoms. The minimum absolute atomic E-state index is 0.479. The molecule has 1 aliphatic heterocycles. The summed E-state index contributed by atoms with van der Waals surface area (Å²) in [6.45, 7) is 4.03. The first-order valence-electron chi connectivity index (χ1n) is 8.91. The Morgan fingerprint density at radius 2 is 1.96 bits per heavy atom. The number of aromatic nitrogens is 6. The van der Waals surface area contributed by atoms with Crippen molar-refractivity contribution >= 4 is 5.69 Å². The summed E-state index contributed by atoms with van der Waals surface area (Å²) in [5, 5.41) is 18.1. The van der Waals surface area contributed by atoms with E-state index >= 15 is 0 Å². The molecule has 5 rings (SSSR count). The van der Waals surface area contributed by atoms with Crippen molar-refractivity contribution in [3.05, 3.63) is 53.9 Å². The summed E-state index contributed by atoms with van der Waals surface area (Å²) in [7, 11) is 0. The summed E-state index contributed by atoms with van der Waals surface area (Å²) in [6, 6.07) is 13.8. The Morgan fingerprint density at radius 3 is 2.79 bits per heavy atom. The zero-order valence-corrected chi connectivity index (χ0v) is 15.2. The van der Waals surface area contributed by atoms with Crippen LogP contribution in [0, 0.1) is 6.92 Å². The number of tetrazole rings is 1. The van der Waals surface area contributed by atoms with Crippen LogP contribution in [0.1, 0.15) is 11.4 Å². The molecule has 3 heterocycles. The van der Waals surface area contributed by atoms with Crippen molar-refractivity contribution in [1.29, 1.82) is 0 Å². The number of aryl methyl sites for hydroxylation is 1. The SMILES string of the molecule is Cc1ccc2c(c1)OCCN2Cc1noc(-c2ccc(-c3nn[nH]n3)cc2)n1. The van der Waals surface area contributed by atoms with E-state index in [-0.39, 0.29) is 0 Å². The van der Waals surface area contributed by atoms with Gasteiger partial charge in [-0.25, -0.2) is 0 Å². The number of nitrogens with zero attached hydrogens (tertiary/aromatic N) is 6. The van der Waals surface area contributed by atoms with E-state index in [1.807, 2.05) is 24.3 Å². The van der Waals surface area contributed by atoms with E-state index in [9.17, 15) is 0 Å². The Hall–Kier alpha value is -3.75. The van der Waals surface area contributed by atoms with Gasteiger partial charge >= 0.3 is 0 Å². The maximum absolute atomic E-state index is 5.77. The smallest absolute Gasteiger partial charge is 0.257 e. The number of hydrogen-bond donors (Lipinski definition) is 1. The topological polar surface area (TPSA) is 106 Å². The number of ether oxygens (including phenoxy) is 1. The molecule has 0 saturated carbocycles. The predicted molar refractivity (Wildman–Crippen MR) is 101 cm³/mol. The second kappa shape index (κ2) is 6.76. The highest BCUT2D eigenvalue weighted by Gasteiger charge is 2.20. The minimum atomic E-state index is 0.479. The standard InChI is InChI=1S/C19H17N7O2/c1-12-2-7-15-16(10-12)27-9-8-26(15)11-17-20-19(28-23-17)14-5-3-13(4-6-14)18-21-24-25-22-18/h2-7,10H,8-9,11H2,1H3,(H,21,22,24,25). The van der Waals surface area contributed by atoms with Crippen LogP contribution in [0.4, 0.5) is 5.69 Å². The van der Waals surface area contributed by atoms with Gasteiger partial charge in [0.2, 0.25) is 5.82 Å². The van der Waals surface area contributed by atoms with E-state index in [2.05, 4.69) is 60.8 Å². The summed E-state index contributed by atoms with van der Waals surface area (Å²) in [4.78, 5) is 6.75. The molecule has 0 saturated heterocycles. The average molecular weight is 375 g/mol. The first-order valence-corrected chi connectivity index (χ1v) is 8.91. The van der Waals surface area contributed by atoms with Crippen LogP contribution in [-0.2, 0) is 6.54 Å². The first-order chi connectivity index (χ1) is 13.8. The average Bonchev–Trinajstić information content (AvgIpc) is 3.40. The molecule has 0 amide bonds. The third kappa shape index (κ3) is 3.07.